The van der Waals surface area contributed by atoms with Gasteiger partial charge in [0, 0.05) is 19.6 Å². The lowest BCUT2D eigenvalue weighted by Crippen LogP contribution is -2.30. The molecule has 0 heterocycles. The maximum Gasteiger partial charge on any atom is 0.406 e. The lowest BCUT2D eigenvalue weighted by Gasteiger charge is -2.24. The smallest absolute Gasteiger partial charge is 0.406 e. The number of benzene rings is 1. The topological polar surface area (TPSA) is 41.6 Å². The molecule has 0 saturated heterocycles. The van der Waals surface area contributed by atoms with Gasteiger partial charge in [-0.15, -0.1) is 0 Å². The van der Waals surface area contributed by atoms with E-state index in [0.717, 1.165) is 13.0 Å². The molecule has 1 aromatic carbocycles. The summed E-state index contributed by atoms with van der Waals surface area (Å²) in [5.74, 6) is 0. The maximum atomic E-state index is 10.9. The number of nitrogens with zero attached hydrogens (tertiary/aromatic N) is 1. The van der Waals surface area contributed by atoms with E-state index in [0.29, 0.717) is 12.6 Å². The average molecular weight is 250 g/mol. The Kier molecular flexibility index (Phi) is 6.22. The Hall–Kier alpha value is -1.55. The van der Waals surface area contributed by atoms with Gasteiger partial charge in [-0.05, 0) is 26.0 Å². The van der Waals surface area contributed by atoms with Gasteiger partial charge < -0.3 is 10.1 Å². The number of amides is 1. The molecule has 1 rings (SSSR count). The Labute approximate surface area is 109 Å². The summed E-state index contributed by atoms with van der Waals surface area (Å²) >= 11 is 0. The van der Waals surface area contributed by atoms with Gasteiger partial charge in [0.2, 0.25) is 0 Å². The molecule has 0 aliphatic rings. The highest BCUT2D eigenvalue weighted by molar-refractivity contribution is 5.66. The maximum absolute atomic E-state index is 10.9. The predicted molar refractivity (Wildman–Crippen MR) is 72.4 cm³/mol. The zero-order valence-electron chi connectivity index (χ0n) is 11.3. The van der Waals surface area contributed by atoms with Gasteiger partial charge >= 0.3 is 6.09 Å². The third kappa shape index (κ3) is 5.19. The lowest BCUT2D eigenvalue weighted by atomic mass is 10.1. The molecule has 1 N–H and O–H groups in total. The van der Waals surface area contributed by atoms with Gasteiger partial charge in [-0.25, -0.2) is 4.79 Å². The highest BCUT2D eigenvalue weighted by atomic mass is 16.5. The molecule has 0 saturated carbocycles. The predicted octanol–water partition coefficient (Wildman–Crippen LogP) is 2.25. The monoisotopic (exact) mass is 250 g/mol. The molecule has 100 valence electrons. The van der Waals surface area contributed by atoms with Gasteiger partial charge in [0.15, 0.2) is 0 Å². The molecule has 0 aliphatic carbocycles. The van der Waals surface area contributed by atoms with Crippen LogP contribution in [-0.4, -0.2) is 37.7 Å². The standard InChI is InChI=1S/C14H22N2O2/c1-12(9-10-18-14(17)15-2)16(3)11-13-7-5-4-6-8-13/h4-8,12H,9-11H2,1-3H3,(H,15,17). The lowest BCUT2D eigenvalue weighted by molar-refractivity contribution is 0.130. The van der Waals surface area contributed by atoms with Crippen molar-refractivity contribution in [2.24, 2.45) is 0 Å². The summed E-state index contributed by atoms with van der Waals surface area (Å²) < 4.78 is 4.99. The van der Waals surface area contributed by atoms with Crippen molar-refractivity contribution in [1.82, 2.24) is 10.2 Å². The largest absolute Gasteiger partial charge is 0.450 e. The number of carbonyl (C=O) groups excluding carboxylic acids is 1. The molecule has 0 radical (unpaired) electrons. The Bertz CT molecular complexity index is 354. The van der Waals surface area contributed by atoms with Crippen molar-refractivity contribution in [3.63, 3.8) is 0 Å². The van der Waals surface area contributed by atoms with Crippen molar-refractivity contribution < 1.29 is 9.53 Å². The third-order valence-corrected chi connectivity index (χ3v) is 3.00. The summed E-state index contributed by atoms with van der Waals surface area (Å²) in [7, 11) is 3.64. The molecular formula is C14H22N2O2. The van der Waals surface area contributed by atoms with Crippen LogP contribution in [0.5, 0.6) is 0 Å². The molecule has 0 aliphatic heterocycles. The summed E-state index contributed by atoms with van der Waals surface area (Å²) in [5, 5.41) is 2.43. The SMILES string of the molecule is CNC(=O)OCCC(C)N(C)Cc1ccccc1. The molecule has 0 bridgehead atoms. The van der Waals surface area contributed by atoms with Crippen LogP contribution in [0.25, 0.3) is 0 Å². The Morgan fingerprint density at radius 3 is 2.67 bits per heavy atom. The van der Waals surface area contributed by atoms with Crippen LogP contribution in [0, 0.1) is 0 Å². The minimum atomic E-state index is -0.368. The minimum absolute atomic E-state index is 0.368. The highest BCUT2D eigenvalue weighted by Crippen LogP contribution is 2.08. The number of ether oxygens (including phenoxy) is 1. The van der Waals surface area contributed by atoms with E-state index < -0.39 is 0 Å². The van der Waals surface area contributed by atoms with Crippen LogP contribution in [0.15, 0.2) is 30.3 Å². The van der Waals surface area contributed by atoms with Crippen molar-refractivity contribution in [3.05, 3.63) is 35.9 Å². The zero-order chi connectivity index (χ0) is 13.4. The van der Waals surface area contributed by atoms with E-state index in [-0.39, 0.29) is 6.09 Å². The first-order valence-corrected chi connectivity index (χ1v) is 6.22. The second-order valence-corrected chi connectivity index (χ2v) is 4.42. The summed E-state index contributed by atoms with van der Waals surface area (Å²) in [6, 6.07) is 10.7. The van der Waals surface area contributed by atoms with E-state index in [4.69, 9.17) is 4.74 Å². The second kappa shape index (κ2) is 7.71. The molecule has 1 aromatic rings. The molecule has 1 unspecified atom stereocenters. The minimum Gasteiger partial charge on any atom is -0.450 e. The Morgan fingerprint density at radius 1 is 1.39 bits per heavy atom. The van der Waals surface area contributed by atoms with Crippen LogP contribution in [-0.2, 0) is 11.3 Å². The molecule has 0 aromatic heterocycles. The van der Waals surface area contributed by atoms with E-state index in [1.807, 2.05) is 18.2 Å². The fraction of sp³-hybridized carbons (Fsp3) is 0.500. The first-order valence-electron chi connectivity index (χ1n) is 6.22. The zero-order valence-corrected chi connectivity index (χ0v) is 11.3. The molecule has 18 heavy (non-hydrogen) atoms. The van der Waals surface area contributed by atoms with Crippen LogP contribution >= 0.6 is 0 Å². The molecule has 1 atom stereocenters. The number of nitrogens with one attached hydrogen (secondary N) is 1. The van der Waals surface area contributed by atoms with Gasteiger partial charge in [0.1, 0.15) is 0 Å². The fourth-order valence-electron chi connectivity index (χ4n) is 1.64. The Balaban J connectivity index is 2.29. The van der Waals surface area contributed by atoms with Crippen molar-refractivity contribution >= 4 is 6.09 Å². The first kappa shape index (κ1) is 14.5. The van der Waals surface area contributed by atoms with Gasteiger partial charge in [-0.3, -0.25) is 4.90 Å². The van der Waals surface area contributed by atoms with Gasteiger partial charge in [-0.2, -0.15) is 0 Å². The van der Waals surface area contributed by atoms with Crippen LogP contribution in [0.2, 0.25) is 0 Å². The molecule has 0 spiro atoms. The van der Waals surface area contributed by atoms with Gasteiger partial charge in [0.25, 0.3) is 0 Å². The van der Waals surface area contributed by atoms with Gasteiger partial charge in [-0.1, -0.05) is 30.3 Å². The first-order chi connectivity index (χ1) is 8.63. The number of carbonyl (C=O) groups is 1. The molecular weight excluding hydrogens is 228 g/mol. The van der Waals surface area contributed by atoms with Crippen LogP contribution in [0.1, 0.15) is 18.9 Å². The van der Waals surface area contributed by atoms with Crippen molar-refractivity contribution in [1.29, 1.82) is 0 Å². The number of hydrogen-bond acceptors (Lipinski definition) is 3. The number of rotatable bonds is 6. The summed E-state index contributed by atoms with van der Waals surface area (Å²) in [6.45, 7) is 3.48. The van der Waals surface area contributed by atoms with Crippen LogP contribution < -0.4 is 5.32 Å². The van der Waals surface area contributed by atoms with Crippen molar-refractivity contribution in [3.8, 4) is 0 Å². The van der Waals surface area contributed by atoms with E-state index in [1.54, 1.807) is 7.05 Å². The summed E-state index contributed by atoms with van der Waals surface area (Å²) in [5.41, 5.74) is 1.29. The van der Waals surface area contributed by atoms with E-state index in [2.05, 4.69) is 36.3 Å². The quantitative estimate of drug-likeness (QED) is 0.842. The van der Waals surface area contributed by atoms with E-state index >= 15 is 0 Å². The Morgan fingerprint density at radius 2 is 2.06 bits per heavy atom. The summed E-state index contributed by atoms with van der Waals surface area (Å²) in [6.07, 6.45) is 0.462. The molecule has 4 nitrogen and oxygen atoms in total. The number of hydrogen-bond donors (Lipinski definition) is 1. The van der Waals surface area contributed by atoms with E-state index in [9.17, 15) is 4.79 Å². The molecule has 0 fully saturated rings. The highest BCUT2D eigenvalue weighted by Gasteiger charge is 2.10. The molecule has 1 amide bonds. The van der Waals surface area contributed by atoms with Gasteiger partial charge in [0.05, 0.1) is 6.61 Å². The van der Waals surface area contributed by atoms with E-state index in [1.165, 1.54) is 5.56 Å². The van der Waals surface area contributed by atoms with Crippen molar-refractivity contribution in [2.75, 3.05) is 20.7 Å². The average Bonchev–Trinajstić information content (AvgIpc) is 2.39. The van der Waals surface area contributed by atoms with Crippen LogP contribution in [0.4, 0.5) is 4.79 Å². The number of alkyl carbamates (subject to hydrolysis) is 1. The fourth-order valence-corrected chi connectivity index (χ4v) is 1.64. The van der Waals surface area contributed by atoms with Crippen LogP contribution in [0.3, 0.4) is 0 Å². The summed E-state index contributed by atoms with van der Waals surface area (Å²) in [4.78, 5) is 13.2. The second-order valence-electron chi connectivity index (χ2n) is 4.42. The van der Waals surface area contributed by atoms with Crippen molar-refractivity contribution in [2.45, 2.75) is 25.9 Å². The molecule has 4 heteroatoms. The normalized spacial score (nSPS) is 12.2. The third-order valence-electron chi connectivity index (χ3n) is 3.00.